The predicted molar refractivity (Wildman–Crippen MR) is 78.2 cm³/mol. The Bertz CT molecular complexity index is 565. The molecule has 0 heterocycles. The highest BCUT2D eigenvalue weighted by Crippen LogP contribution is 2.41. The zero-order chi connectivity index (χ0) is 13.8. The maximum Gasteiger partial charge on any atom is 0.211 e. The van der Waals surface area contributed by atoms with Crippen LogP contribution in [0, 0.1) is 0 Å². The lowest BCUT2D eigenvalue weighted by atomic mass is 10.2. The molecule has 0 unspecified atom stereocenters. The van der Waals surface area contributed by atoms with Gasteiger partial charge in [-0.05, 0) is 30.3 Å². The van der Waals surface area contributed by atoms with E-state index in [1.165, 1.54) is 0 Å². The van der Waals surface area contributed by atoms with Crippen LogP contribution >= 0.6 is 15.9 Å². The van der Waals surface area contributed by atoms with E-state index >= 15 is 0 Å². The summed E-state index contributed by atoms with van der Waals surface area (Å²) in [5.41, 5.74) is 6.43. The number of nitrogen functional groups attached to an aromatic ring is 1. The molecule has 4 nitrogen and oxygen atoms in total. The fourth-order valence-electron chi connectivity index (χ4n) is 1.62. The third-order valence-corrected chi connectivity index (χ3v) is 3.06. The summed E-state index contributed by atoms with van der Waals surface area (Å²) in [6.45, 7) is 0. The number of halogens is 1. The van der Waals surface area contributed by atoms with Crippen molar-refractivity contribution in [2.45, 2.75) is 0 Å². The van der Waals surface area contributed by atoms with E-state index in [2.05, 4.69) is 15.9 Å². The van der Waals surface area contributed by atoms with Crippen LogP contribution in [0.5, 0.6) is 23.0 Å². The Labute approximate surface area is 120 Å². The smallest absolute Gasteiger partial charge is 0.211 e. The molecule has 0 fully saturated rings. The molecule has 0 aliphatic rings. The zero-order valence-corrected chi connectivity index (χ0v) is 12.2. The maximum absolute atomic E-state index is 5.89. The third-order valence-electron chi connectivity index (χ3n) is 2.57. The third kappa shape index (κ3) is 2.93. The molecular formula is C14H14BrNO3. The number of ether oxygens (including phenoxy) is 3. The molecular weight excluding hydrogens is 310 g/mol. The second kappa shape index (κ2) is 5.84. The molecule has 100 valence electrons. The minimum atomic E-state index is 0.498. The van der Waals surface area contributed by atoms with Crippen molar-refractivity contribution in [1.82, 2.24) is 0 Å². The van der Waals surface area contributed by atoms with Gasteiger partial charge in [0, 0.05) is 4.47 Å². The number of hydrogen-bond acceptors (Lipinski definition) is 4. The van der Waals surface area contributed by atoms with Gasteiger partial charge in [-0.1, -0.05) is 22.0 Å². The molecule has 0 spiro atoms. The van der Waals surface area contributed by atoms with Crippen molar-refractivity contribution in [3.8, 4) is 23.0 Å². The average molecular weight is 324 g/mol. The maximum atomic E-state index is 5.89. The molecule has 0 atom stereocenters. The van der Waals surface area contributed by atoms with Crippen LogP contribution in [-0.2, 0) is 0 Å². The van der Waals surface area contributed by atoms with Gasteiger partial charge < -0.3 is 19.9 Å². The van der Waals surface area contributed by atoms with E-state index < -0.39 is 0 Å². The first-order chi connectivity index (χ1) is 9.15. The highest BCUT2D eigenvalue weighted by Gasteiger charge is 2.13. The quantitative estimate of drug-likeness (QED) is 0.868. The van der Waals surface area contributed by atoms with Crippen LogP contribution in [0.2, 0.25) is 0 Å². The number of benzene rings is 2. The molecule has 0 amide bonds. The lowest BCUT2D eigenvalue weighted by Crippen LogP contribution is -1.97. The van der Waals surface area contributed by atoms with Crippen molar-refractivity contribution in [3.63, 3.8) is 0 Å². The van der Waals surface area contributed by atoms with Crippen LogP contribution < -0.4 is 19.9 Å². The summed E-state index contributed by atoms with van der Waals surface area (Å²) in [6.07, 6.45) is 0. The Morgan fingerprint density at radius 2 is 1.58 bits per heavy atom. The summed E-state index contributed by atoms with van der Waals surface area (Å²) in [7, 11) is 3.15. The van der Waals surface area contributed by atoms with E-state index in [9.17, 15) is 0 Å². The first kappa shape index (κ1) is 13.5. The van der Waals surface area contributed by atoms with E-state index in [-0.39, 0.29) is 0 Å². The van der Waals surface area contributed by atoms with Crippen molar-refractivity contribution in [2.75, 3.05) is 20.0 Å². The van der Waals surface area contributed by atoms with Gasteiger partial charge in [-0.15, -0.1) is 0 Å². The number of para-hydroxylation sites is 1. The molecule has 19 heavy (non-hydrogen) atoms. The fraction of sp³-hybridized carbons (Fsp3) is 0.143. The fourth-order valence-corrected chi connectivity index (χ4v) is 1.96. The van der Waals surface area contributed by atoms with Gasteiger partial charge in [-0.2, -0.15) is 0 Å². The van der Waals surface area contributed by atoms with Gasteiger partial charge in [0.2, 0.25) is 5.75 Å². The molecule has 0 aromatic heterocycles. The molecule has 2 rings (SSSR count). The van der Waals surface area contributed by atoms with Gasteiger partial charge in [0.1, 0.15) is 0 Å². The first-order valence-corrected chi connectivity index (χ1v) is 6.39. The second-order valence-corrected chi connectivity index (χ2v) is 4.69. The topological polar surface area (TPSA) is 53.7 Å². The van der Waals surface area contributed by atoms with Crippen molar-refractivity contribution in [1.29, 1.82) is 0 Å². The lowest BCUT2D eigenvalue weighted by molar-refractivity contribution is 0.347. The molecule has 5 heteroatoms. The van der Waals surface area contributed by atoms with Crippen LogP contribution in [0.3, 0.4) is 0 Å². The lowest BCUT2D eigenvalue weighted by Gasteiger charge is -2.15. The van der Waals surface area contributed by atoms with Crippen molar-refractivity contribution in [3.05, 3.63) is 40.9 Å². The van der Waals surface area contributed by atoms with E-state index in [0.29, 0.717) is 28.7 Å². The van der Waals surface area contributed by atoms with Crippen LogP contribution in [0.4, 0.5) is 5.69 Å². The van der Waals surface area contributed by atoms with Gasteiger partial charge in [0.05, 0.1) is 19.9 Å². The SMILES string of the molecule is COc1cccc(OC)c1Oc1cc(Br)ccc1N. The van der Waals surface area contributed by atoms with Crippen LogP contribution in [-0.4, -0.2) is 14.2 Å². The minimum Gasteiger partial charge on any atom is -0.493 e. The highest BCUT2D eigenvalue weighted by atomic mass is 79.9. The van der Waals surface area contributed by atoms with Crippen molar-refractivity contribution >= 4 is 21.6 Å². The van der Waals surface area contributed by atoms with Crippen molar-refractivity contribution in [2.24, 2.45) is 0 Å². The van der Waals surface area contributed by atoms with Gasteiger partial charge in [0.15, 0.2) is 17.2 Å². The summed E-state index contributed by atoms with van der Waals surface area (Å²) >= 11 is 3.38. The Hall–Kier alpha value is -1.88. The van der Waals surface area contributed by atoms with Gasteiger partial charge >= 0.3 is 0 Å². The zero-order valence-electron chi connectivity index (χ0n) is 10.6. The van der Waals surface area contributed by atoms with E-state index in [1.807, 2.05) is 12.1 Å². The molecule has 0 saturated carbocycles. The number of anilines is 1. The standard InChI is InChI=1S/C14H14BrNO3/c1-17-11-4-3-5-12(18-2)14(11)19-13-8-9(15)6-7-10(13)16/h3-8H,16H2,1-2H3. The molecule has 0 aliphatic heterocycles. The normalized spacial score (nSPS) is 10.1. The molecule has 2 N–H and O–H groups in total. The van der Waals surface area contributed by atoms with Crippen LogP contribution in [0.15, 0.2) is 40.9 Å². The number of hydrogen-bond donors (Lipinski definition) is 1. The van der Waals surface area contributed by atoms with Crippen LogP contribution in [0.1, 0.15) is 0 Å². The summed E-state index contributed by atoms with van der Waals surface area (Å²) < 4.78 is 17.3. The minimum absolute atomic E-state index is 0.498. The van der Waals surface area contributed by atoms with Gasteiger partial charge in [-0.25, -0.2) is 0 Å². The summed E-state index contributed by atoms with van der Waals surface area (Å²) in [6, 6.07) is 10.8. The summed E-state index contributed by atoms with van der Waals surface area (Å²) in [4.78, 5) is 0. The molecule has 0 aliphatic carbocycles. The van der Waals surface area contributed by atoms with E-state index in [0.717, 1.165) is 4.47 Å². The monoisotopic (exact) mass is 323 g/mol. The largest absolute Gasteiger partial charge is 0.493 e. The van der Waals surface area contributed by atoms with Crippen LogP contribution in [0.25, 0.3) is 0 Å². The molecule has 2 aromatic carbocycles. The van der Waals surface area contributed by atoms with Crippen molar-refractivity contribution < 1.29 is 14.2 Å². The Morgan fingerprint density at radius 3 is 2.16 bits per heavy atom. The van der Waals surface area contributed by atoms with Gasteiger partial charge in [-0.3, -0.25) is 0 Å². The Balaban J connectivity index is 2.45. The summed E-state index contributed by atoms with van der Waals surface area (Å²) in [5.74, 6) is 2.20. The van der Waals surface area contributed by atoms with E-state index in [1.54, 1.807) is 38.5 Å². The second-order valence-electron chi connectivity index (χ2n) is 3.78. The molecule has 0 bridgehead atoms. The number of nitrogens with two attached hydrogens (primary N) is 1. The van der Waals surface area contributed by atoms with Gasteiger partial charge in [0.25, 0.3) is 0 Å². The Kier molecular flexibility index (Phi) is 4.16. The summed E-state index contributed by atoms with van der Waals surface area (Å²) in [5, 5.41) is 0. The number of rotatable bonds is 4. The molecule has 0 radical (unpaired) electrons. The number of methoxy groups -OCH3 is 2. The highest BCUT2D eigenvalue weighted by molar-refractivity contribution is 9.10. The van der Waals surface area contributed by atoms with E-state index in [4.69, 9.17) is 19.9 Å². The predicted octanol–water partition coefficient (Wildman–Crippen LogP) is 3.84. The average Bonchev–Trinajstić information content (AvgIpc) is 2.43. The Morgan fingerprint density at radius 1 is 0.947 bits per heavy atom. The first-order valence-electron chi connectivity index (χ1n) is 5.59. The molecule has 2 aromatic rings. The molecule has 0 saturated heterocycles.